The van der Waals surface area contributed by atoms with E-state index >= 15 is 0 Å². The number of hydrogen-bond donors (Lipinski definition) is 1. The summed E-state index contributed by atoms with van der Waals surface area (Å²) in [7, 11) is 0. The van der Waals surface area contributed by atoms with Crippen molar-refractivity contribution in [3.05, 3.63) is 0 Å². The Labute approximate surface area is 109 Å². The lowest BCUT2D eigenvalue weighted by molar-refractivity contribution is -0.149. The quantitative estimate of drug-likeness (QED) is 0.827. The van der Waals surface area contributed by atoms with E-state index in [9.17, 15) is 9.59 Å². The molecule has 0 aromatic heterocycles. The number of carbonyl (C=O) groups excluding carboxylic acids is 2. The summed E-state index contributed by atoms with van der Waals surface area (Å²) in [6.45, 7) is 4.62. The first-order valence-electron chi connectivity index (χ1n) is 7.24. The summed E-state index contributed by atoms with van der Waals surface area (Å²) in [5.74, 6) is 0.730. The molecule has 2 aliphatic rings. The predicted molar refractivity (Wildman–Crippen MR) is 70.0 cm³/mol. The molecule has 102 valence electrons. The van der Waals surface area contributed by atoms with E-state index in [1.54, 1.807) is 6.92 Å². The zero-order valence-corrected chi connectivity index (χ0v) is 11.4. The second kappa shape index (κ2) is 5.72. The van der Waals surface area contributed by atoms with Gasteiger partial charge in [0.1, 0.15) is 12.1 Å². The van der Waals surface area contributed by atoms with Crippen LogP contribution in [-0.4, -0.2) is 35.3 Å². The molecule has 1 N–H and O–H groups in total. The zero-order valence-electron chi connectivity index (χ0n) is 11.4. The number of carbonyl (C=O) groups is 2. The Hall–Kier alpha value is -1.06. The minimum absolute atomic E-state index is 0.0296. The molecule has 2 amide bonds. The van der Waals surface area contributed by atoms with E-state index < -0.39 is 0 Å². The van der Waals surface area contributed by atoms with Crippen LogP contribution >= 0.6 is 0 Å². The molecule has 0 radical (unpaired) electrons. The largest absolute Gasteiger partial charge is 0.343 e. The molecule has 0 aromatic rings. The number of rotatable bonds is 4. The molecule has 1 saturated heterocycles. The molecule has 1 heterocycles. The molecular weight excluding hydrogens is 228 g/mol. The Morgan fingerprint density at radius 2 is 1.94 bits per heavy atom. The lowest BCUT2D eigenvalue weighted by atomic mass is 10.00. The highest BCUT2D eigenvalue weighted by atomic mass is 16.2. The van der Waals surface area contributed by atoms with Crippen molar-refractivity contribution in [3.63, 3.8) is 0 Å². The predicted octanol–water partition coefficient (Wildman–Crippen LogP) is 1.69. The van der Waals surface area contributed by atoms with Gasteiger partial charge in [-0.3, -0.25) is 9.59 Å². The van der Waals surface area contributed by atoms with Gasteiger partial charge in [-0.2, -0.15) is 0 Å². The maximum absolute atomic E-state index is 12.3. The van der Waals surface area contributed by atoms with Crippen molar-refractivity contribution in [2.75, 3.05) is 6.54 Å². The van der Waals surface area contributed by atoms with E-state index in [0.29, 0.717) is 5.92 Å². The lowest BCUT2D eigenvalue weighted by Crippen LogP contribution is -2.63. The van der Waals surface area contributed by atoms with Crippen LogP contribution in [0, 0.1) is 5.92 Å². The molecule has 2 atom stereocenters. The van der Waals surface area contributed by atoms with Gasteiger partial charge in [-0.05, 0) is 32.1 Å². The maximum Gasteiger partial charge on any atom is 0.245 e. The van der Waals surface area contributed by atoms with Gasteiger partial charge >= 0.3 is 0 Å². The molecule has 1 aliphatic heterocycles. The van der Waals surface area contributed by atoms with Crippen LogP contribution in [0.2, 0.25) is 0 Å². The van der Waals surface area contributed by atoms with Crippen LogP contribution in [0.3, 0.4) is 0 Å². The van der Waals surface area contributed by atoms with E-state index in [-0.39, 0.29) is 23.9 Å². The Balaban J connectivity index is 2.08. The molecule has 2 fully saturated rings. The minimum atomic E-state index is -0.355. The van der Waals surface area contributed by atoms with Crippen LogP contribution in [0.15, 0.2) is 0 Å². The van der Waals surface area contributed by atoms with Gasteiger partial charge in [-0.25, -0.2) is 0 Å². The molecule has 2 rings (SSSR count). The number of amides is 2. The molecule has 1 aliphatic carbocycles. The van der Waals surface area contributed by atoms with Crippen LogP contribution in [0.1, 0.15) is 52.4 Å². The van der Waals surface area contributed by atoms with E-state index in [1.807, 2.05) is 4.90 Å². The van der Waals surface area contributed by atoms with Crippen molar-refractivity contribution in [2.45, 2.75) is 64.5 Å². The summed E-state index contributed by atoms with van der Waals surface area (Å²) in [6.07, 6.45) is 6.66. The van der Waals surface area contributed by atoms with Gasteiger partial charge in [-0.1, -0.05) is 26.2 Å². The van der Waals surface area contributed by atoms with Crippen molar-refractivity contribution in [1.29, 1.82) is 0 Å². The number of nitrogens with zero attached hydrogens (tertiary/aromatic N) is 1. The Morgan fingerprint density at radius 3 is 2.56 bits per heavy atom. The fourth-order valence-electron chi connectivity index (χ4n) is 3.16. The molecule has 0 aromatic carbocycles. The fraction of sp³-hybridized carbons (Fsp3) is 0.857. The summed E-state index contributed by atoms with van der Waals surface area (Å²) in [4.78, 5) is 26.1. The zero-order chi connectivity index (χ0) is 13.1. The lowest BCUT2D eigenvalue weighted by Gasteiger charge is -2.39. The van der Waals surface area contributed by atoms with Crippen molar-refractivity contribution in [2.24, 2.45) is 5.92 Å². The van der Waals surface area contributed by atoms with Crippen molar-refractivity contribution in [3.8, 4) is 0 Å². The summed E-state index contributed by atoms with van der Waals surface area (Å²) in [6, 6.07) is -0.591. The second-order valence-corrected chi connectivity index (χ2v) is 5.68. The molecule has 0 bridgehead atoms. The third-order valence-electron chi connectivity index (χ3n) is 4.18. The molecule has 2 unspecified atom stereocenters. The summed E-state index contributed by atoms with van der Waals surface area (Å²) in [5.41, 5.74) is 0. The normalized spacial score (nSPS) is 29.8. The van der Waals surface area contributed by atoms with Gasteiger partial charge in [0, 0.05) is 6.54 Å². The van der Waals surface area contributed by atoms with Crippen LogP contribution in [0.25, 0.3) is 0 Å². The fourth-order valence-corrected chi connectivity index (χ4v) is 3.16. The van der Waals surface area contributed by atoms with Crippen molar-refractivity contribution in [1.82, 2.24) is 10.2 Å². The third kappa shape index (κ3) is 2.68. The van der Waals surface area contributed by atoms with E-state index in [0.717, 1.165) is 19.4 Å². The van der Waals surface area contributed by atoms with Crippen LogP contribution < -0.4 is 5.32 Å². The number of hydrogen-bond acceptors (Lipinski definition) is 2. The second-order valence-electron chi connectivity index (χ2n) is 5.68. The Bertz CT molecular complexity index is 324. The molecule has 4 nitrogen and oxygen atoms in total. The molecular formula is C14H24N2O2. The Kier molecular flexibility index (Phi) is 4.25. The standard InChI is InChI=1S/C14H24N2O2/c1-3-6-12-13(17)15-10(2)14(18)16(12)9-11-7-4-5-8-11/h10-12H,3-9H2,1-2H3,(H,15,17). The summed E-state index contributed by atoms with van der Waals surface area (Å²) in [5, 5.41) is 2.79. The molecule has 18 heavy (non-hydrogen) atoms. The van der Waals surface area contributed by atoms with Gasteiger partial charge in [0.05, 0.1) is 0 Å². The number of piperazine rings is 1. The van der Waals surface area contributed by atoms with Crippen molar-refractivity contribution < 1.29 is 9.59 Å². The van der Waals surface area contributed by atoms with E-state index in [2.05, 4.69) is 12.2 Å². The minimum Gasteiger partial charge on any atom is -0.343 e. The van der Waals surface area contributed by atoms with Crippen LogP contribution in [0.4, 0.5) is 0 Å². The highest BCUT2D eigenvalue weighted by Crippen LogP contribution is 2.27. The maximum atomic E-state index is 12.3. The topological polar surface area (TPSA) is 49.4 Å². The third-order valence-corrected chi connectivity index (χ3v) is 4.18. The molecule has 1 saturated carbocycles. The average molecular weight is 252 g/mol. The van der Waals surface area contributed by atoms with Crippen LogP contribution in [-0.2, 0) is 9.59 Å². The van der Waals surface area contributed by atoms with Gasteiger partial charge in [0.2, 0.25) is 11.8 Å². The first-order chi connectivity index (χ1) is 8.63. The van der Waals surface area contributed by atoms with E-state index in [1.165, 1.54) is 25.7 Å². The smallest absolute Gasteiger partial charge is 0.245 e. The van der Waals surface area contributed by atoms with Crippen LogP contribution in [0.5, 0.6) is 0 Å². The van der Waals surface area contributed by atoms with Gasteiger partial charge in [0.25, 0.3) is 0 Å². The highest BCUT2D eigenvalue weighted by molar-refractivity contribution is 5.96. The molecule has 0 spiro atoms. The van der Waals surface area contributed by atoms with Gasteiger partial charge in [0.15, 0.2) is 0 Å². The summed E-state index contributed by atoms with van der Waals surface area (Å²) < 4.78 is 0. The molecule has 4 heteroatoms. The average Bonchev–Trinajstić information content (AvgIpc) is 2.83. The van der Waals surface area contributed by atoms with Gasteiger partial charge < -0.3 is 10.2 Å². The Morgan fingerprint density at radius 1 is 1.28 bits per heavy atom. The monoisotopic (exact) mass is 252 g/mol. The van der Waals surface area contributed by atoms with Gasteiger partial charge in [-0.15, -0.1) is 0 Å². The van der Waals surface area contributed by atoms with Crippen molar-refractivity contribution >= 4 is 11.8 Å². The SMILES string of the molecule is CCCC1C(=O)NC(C)C(=O)N1CC1CCCC1. The first kappa shape index (κ1) is 13.4. The van der Waals surface area contributed by atoms with E-state index in [4.69, 9.17) is 0 Å². The number of nitrogens with one attached hydrogen (secondary N) is 1. The summed E-state index contributed by atoms with van der Waals surface area (Å²) >= 11 is 0. The highest BCUT2D eigenvalue weighted by Gasteiger charge is 2.38. The first-order valence-corrected chi connectivity index (χ1v) is 7.24.